The average Bonchev–Trinajstić information content (AvgIpc) is 3.07. The van der Waals surface area contributed by atoms with Crippen molar-refractivity contribution in [2.45, 2.75) is 26.7 Å². The van der Waals surface area contributed by atoms with Crippen LogP contribution in [0.2, 0.25) is 0 Å². The smallest absolute Gasteiger partial charge is 0.243 e. The Labute approximate surface area is 101 Å². The summed E-state index contributed by atoms with van der Waals surface area (Å²) in [6.07, 6.45) is 4.78. The summed E-state index contributed by atoms with van der Waals surface area (Å²) in [5.74, 6) is 2.38. The van der Waals surface area contributed by atoms with E-state index in [1.807, 2.05) is 16.8 Å². The fourth-order valence-electron chi connectivity index (χ4n) is 2.14. The molecule has 0 saturated heterocycles. The first kappa shape index (κ1) is 10.6. The average molecular weight is 230 g/mol. The molecule has 1 fully saturated rings. The van der Waals surface area contributed by atoms with Gasteiger partial charge in [0.25, 0.3) is 0 Å². The van der Waals surface area contributed by atoms with Crippen LogP contribution >= 0.6 is 0 Å². The standard InChI is InChI=1S/C13H18N4/c1-9-3-6-12-15-13(16-17(12)8-9)14-7-10(2)11-4-5-11/h3,6,8,10-11H,4-5,7H2,1-2H3,(H,14,16). The van der Waals surface area contributed by atoms with E-state index in [9.17, 15) is 0 Å². The van der Waals surface area contributed by atoms with Crippen LogP contribution in [0.3, 0.4) is 0 Å². The zero-order valence-corrected chi connectivity index (χ0v) is 10.3. The predicted molar refractivity (Wildman–Crippen MR) is 68.1 cm³/mol. The molecule has 2 heterocycles. The van der Waals surface area contributed by atoms with Crippen molar-refractivity contribution in [1.29, 1.82) is 0 Å². The largest absolute Gasteiger partial charge is 0.353 e. The molecule has 0 bridgehead atoms. The lowest BCUT2D eigenvalue weighted by Gasteiger charge is -2.09. The first-order chi connectivity index (χ1) is 8.22. The van der Waals surface area contributed by atoms with Gasteiger partial charge in [-0.1, -0.05) is 13.0 Å². The van der Waals surface area contributed by atoms with Crippen molar-refractivity contribution < 1.29 is 0 Å². The fraction of sp³-hybridized carbons (Fsp3) is 0.538. The highest BCUT2D eigenvalue weighted by molar-refractivity contribution is 5.44. The van der Waals surface area contributed by atoms with E-state index in [1.165, 1.54) is 18.4 Å². The molecule has 1 atom stereocenters. The van der Waals surface area contributed by atoms with Gasteiger partial charge in [-0.2, -0.15) is 4.98 Å². The molecule has 0 aromatic carbocycles. The third-order valence-corrected chi connectivity index (χ3v) is 3.49. The van der Waals surface area contributed by atoms with Crippen LogP contribution in [0.25, 0.3) is 5.65 Å². The van der Waals surface area contributed by atoms with Crippen LogP contribution in [0.15, 0.2) is 18.3 Å². The summed E-state index contributed by atoms with van der Waals surface area (Å²) in [5.41, 5.74) is 2.09. The molecule has 1 unspecified atom stereocenters. The maximum absolute atomic E-state index is 4.45. The minimum atomic E-state index is 0.725. The summed E-state index contributed by atoms with van der Waals surface area (Å²) in [7, 11) is 0. The number of pyridine rings is 1. The van der Waals surface area contributed by atoms with E-state index < -0.39 is 0 Å². The molecule has 2 aromatic heterocycles. The van der Waals surface area contributed by atoms with Crippen molar-refractivity contribution in [2.24, 2.45) is 11.8 Å². The Morgan fingerprint density at radius 3 is 3.06 bits per heavy atom. The van der Waals surface area contributed by atoms with Gasteiger partial charge in [0.15, 0.2) is 5.65 Å². The van der Waals surface area contributed by atoms with Gasteiger partial charge in [0.2, 0.25) is 5.95 Å². The molecule has 0 amide bonds. The Bertz CT molecular complexity index is 527. The highest BCUT2D eigenvalue weighted by Crippen LogP contribution is 2.36. The Morgan fingerprint density at radius 2 is 2.29 bits per heavy atom. The number of anilines is 1. The SMILES string of the molecule is Cc1ccc2nc(NCC(C)C3CC3)nn2c1. The third-order valence-electron chi connectivity index (χ3n) is 3.49. The Balaban J connectivity index is 1.72. The van der Waals surface area contributed by atoms with Crippen LogP contribution in [0.1, 0.15) is 25.3 Å². The lowest BCUT2D eigenvalue weighted by Crippen LogP contribution is -2.13. The van der Waals surface area contributed by atoms with Gasteiger partial charge < -0.3 is 5.32 Å². The van der Waals surface area contributed by atoms with Crippen LogP contribution in [0, 0.1) is 18.8 Å². The van der Waals surface area contributed by atoms with E-state index in [1.54, 1.807) is 0 Å². The topological polar surface area (TPSA) is 42.2 Å². The van der Waals surface area contributed by atoms with E-state index in [4.69, 9.17) is 0 Å². The van der Waals surface area contributed by atoms with E-state index in [2.05, 4.69) is 35.3 Å². The first-order valence-corrected chi connectivity index (χ1v) is 6.29. The van der Waals surface area contributed by atoms with Gasteiger partial charge in [0, 0.05) is 12.7 Å². The van der Waals surface area contributed by atoms with Gasteiger partial charge in [0.1, 0.15) is 0 Å². The molecule has 0 aliphatic heterocycles. The number of hydrogen-bond acceptors (Lipinski definition) is 3. The van der Waals surface area contributed by atoms with Gasteiger partial charge in [-0.05, 0) is 43.2 Å². The van der Waals surface area contributed by atoms with E-state index in [0.717, 1.165) is 30.0 Å². The second kappa shape index (κ2) is 4.02. The summed E-state index contributed by atoms with van der Waals surface area (Å²) in [4.78, 5) is 4.45. The van der Waals surface area contributed by atoms with Gasteiger partial charge in [-0.3, -0.25) is 0 Å². The summed E-state index contributed by atoms with van der Waals surface area (Å²) in [6, 6.07) is 4.05. The molecule has 2 aromatic rings. The minimum Gasteiger partial charge on any atom is -0.353 e. The van der Waals surface area contributed by atoms with Crippen LogP contribution in [-0.2, 0) is 0 Å². The number of nitrogens with one attached hydrogen (secondary N) is 1. The van der Waals surface area contributed by atoms with Crippen molar-refractivity contribution >= 4 is 11.6 Å². The number of nitrogens with zero attached hydrogens (tertiary/aromatic N) is 3. The number of hydrogen-bond donors (Lipinski definition) is 1. The first-order valence-electron chi connectivity index (χ1n) is 6.29. The van der Waals surface area contributed by atoms with Crippen molar-refractivity contribution in [1.82, 2.24) is 14.6 Å². The molecule has 0 spiro atoms. The molecule has 1 aliphatic rings. The van der Waals surface area contributed by atoms with Gasteiger partial charge >= 0.3 is 0 Å². The Hall–Kier alpha value is -1.58. The molecular formula is C13H18N4. The molecular weight excluding hydrogens is 212 g/mol. The van der Waals surface area contributed by atoms with Crippen molar-refractivity contribution in [3.05, 3.63) is 23.9 Å². The molecule has 4 heteroatoms. The molecule has 1 saturated carbocycles. The van der Waals surface area contributed by atoms with Crippen LogP contribution in [-0.4, -0.2) is 21.1 Å². The number of fused-ring (bicyclic) bond motifs is 1. The Kier molecular flexibility index (Phi) is 2.50. The van der Waals surface area contributed by atoms with Crippen molar-refractivity contribution in [2.75, 3.05) is 11.9 Å². The molecule has 4 nitrogen and oxygen atoms in total. The van der Waals surface area contributed by atoms with Crippen LogP contribution in [0.4, 0.5) is 5.95 Å². The summed E-state index contributed by atoms with van der Waals surface area (Å²) < 4.78 is 1.83. The van der Waals surface area contributed by atoms with E-state index >= 15 is 0 Å². The maximum Gasteiger partial charge on any atom is 0.243 e. The normalized spacial score (nSPS) is 17.3. The molecule has 90 valence electrons. The van der Waals surface area contributed by atoms with Gasteiger partial charge in [-0.25, -0.2) is 4.52 Å². The van der Waals surface area contributed by atoms with Gasteiger partial charge in [-0.15, -0.1) is 5.10 Å². The van der Waals surface area contributed by atoms with E-state index in [-0.39, 0.29) is 0 Å². The second-order valence-corrected chi connectivity index (χ2v) is 5.14. The fourth-order valence-corrected chi connectivity index (χ4v) is 2.14. The monoisotopic (exact) mass is 230 g/mol. The number of rotatable bonds is 4. The lowest BCUT2D eigenvalue weighted by atomic mass is 10.1. The molecule has 3 rings (SSSR count). The Morgan fingerprint density at radius 1 is 1.47 bits per heavy atom. The molecule has 1 N–H and O–H groups in total. The van der Waals surface area contributed by atoms with Crippen molar-refractivity contribution in [3.8, 4) is 0 Å². The second-order valence-electron chi connectivity index (χ2n) is 5.14. The zero-order valence-electron chi connectivity index (χ0n) is 10.3. The number of aryl methyl sites for hydroxylation is 1. The van der Waals surface area contributed by atoms with Crippen LogP contribution < -0.4 is 5.32 Å². The zero-order chi connectivity index (χ0) is 11.8. The quantitative estimate of drug-likeness (QED) is 0.877. The summed E-state index contributed by atoms with van der Waals surface area (Å²) in [5, 5.41) is 7.75. The predicted octanol–water partition coefficient (Wildman–Crippen LogP) is 2.50. The van der Waals surface area contributed by atoms with Crippen LogP contribution in [0.5, 0.6) is 0 Å². The number of aromatic nitrogens is 3. The highest BCUT2D eigenvalue weighted by atomic mass is 15.3. The lowest BCUT2D eigenvalue weighted by molar-refractivity contribution is 0.535. The van der Waals surface area contributed by atoms with Crippen molar-refractivity contribution in [3.63, 3.8) is 0 Å². The maximum atomic E-state index is 4.45. The third kappa shape index (κ3) is 2.25. The molecule has 1 aliphatic carbocycles. The minimum absolute atomic E-state index is 0.725. The summed E-state index contributed by atoms with van der Waals surface area (Å²) >= 11 is 0. The molecule has 0 radical (unpaired) electrons. The highest BCUT2D eigenvalue weighted by Gasteiger charge is 2.27. The summed E-state index contributed by atoms with van der Waals surface area (Å²) in [6.45, 7) is 5.33. The van der Waals surface area contributed by atoms with Gasteiger partial charge in [0.05, 0.1) is 0 Å². The van der Waals surface area contributed by atoms with E-state index in [0.29, 0.717) is 0 Å². The molecule has 17 heavy (non-hydrogen) atoms.